The molecule has 0 unspecified atom stereocenters. The molecule has 6 nitrogen and oxygen atoms in total. The van der Waals surface area contributed by atoms with Gasteiger partial charge in [0.1, 0.15) is 11.2 Å². The summed E-state index contributed by atoms with van der Waals surface area (Å²) in [7, 11) is 0. The van der Waals surface area contributed by atoms with Gasteiger partial charge in [-0.15, -0.1) is 0 Å². The Morgan fingerprint density at radius 2 is 1.07 bits per heavy atom. The number of hydrogen-bond acceptors (Lipinski definition) is 6. The van der Waals surface area contributed by atoms with Gasteiger partial charge in [0.15, 0.2) is 0 Å². The zero-order valence-electron chi connectivity index (χ0n) is 18.0. The van der Waals surface area contributed by atoms with E-state index < -0.39 is 23.1 Å². The first-order valence-corrected chi connectivity index (χ1v) is 11.7. The summed E-state index contributed by atoms with van der Waals surface area (Å²) >= 11 is 6.78. The van der Waals surface area contributed by atoms with Crippen molar-refractivity contribution in [1.82, 2.24) is 9.97 Å². The second-order valence-electron chi connectivity index (χ2n) is 8.74. The number of carbonyl (C=O) groups excluding carboxylic acids is 2. The van der Waals surface area contributed by atoms with E-state index in [4.69, 9.17) is 9.47 Å². The third kappa shape index (κ3) is 7.16. The number of pyridine rings is 2. The molecule has 2 heterocycles. The zero-order chi connectivity index (χ0) is 22.7. The van der Waals surface area contributed by atoms with Crippen LogP contribution in [0.4, 0.5) is 0 Å². The summed E-state index contributed by atoms with van der Waals surface area (Å²) in [6.45, 7) is 10.9. The van der Waals surface area contributed by atoms with Crippen molar-refractivity contribution in [2.24, 2.45) is 0 Å². The van der Waals surface area contributed by atoms with Crippen molar-refractivity contribution < 1.29 is 19.1 Å². The van der Waals surface area contributed by atoms with Gasteiger partial charge in [-0.3, -0.25) is 9.97 Å². The van der Waals surface area contributed by atoms with Gasteiger partial charge in [0.05, 0.1) is 33.9 Å². The molecule has 0 radical (unpaired) electrons. The van der Waals surface area contributed by atoms with Gasteiger partial charge >= 0.3 is 11.9 Å². The van der Waals surface area contributed by atoms with Crippen molar-refractivity contribution in [3.8, 4) is 11.4 Å². The standard InChI is InChI=1S/C22H26Br2N2O4/c1-21(2,3)29-19(27)13-7-15(11-23)25-17(9-13)18-10-14(8-16(12-24)26-18)20(28)30-22(4,5)6/h7-10H,11-12H2,1-6H3. The average molecular weight is 542 g/mol. The summed E-state index contributed by atoms with van der Waals surface area (Å²) in [4.78, 5) is 34.3. The second-order valence-corrected chi connectivity index (χ2v) is 9.86. The van der Waals surface area contributed by atoms with Crippen molar-refractivity contribution in [3.63, 3.8) is 0 Å². The third-order valence-corrected chi connectivity index (χ3v) is 4.71. The van der Waals surface area contributed by atoms with Crippen molar-refractivity contribution >= 4 is 43.8 Å². The third-order valence-electron chi connectivity index (χ3n) is 3.56. The number of nitrogens with zero attached hydrogens (tertiary/aromatic N) is 2. The Kier molecular flexibility index (Phi) is 7.80. The van der Waals surface area contributed by atoms with Crippen LogP contribution in [0, 0.1) is 0 Å². The summed E-state index contributed by atoms with van der Waals surface area (Å²) in [6.07, 6.45) is 0. The molecule has 2 aromatic heterocycles. The van der Waals surface area contributed by atoms with Crippen LogP contribution in [0.5, 0.6) is 0 Å². The predicted molar refractivity (Wildman–Crippen MR) is 123 cm³/mol. The van der Waals surface area contributed by atoms with Crippen LogP contribution in [0.3, 0.4) is 0 Å². The van der Waals surface area contributed by atoms with Crippen LogP contribution in [0.15, 0.2) is 24.3 Å². The molecule has 0 spiro atoms. The highest BCUT2D eigenvalue weighted by atomic mass is 79.9. The molecule has 0 aromatic carbocycles. The van der Waals surface area contributed by atoms with Crippen LogP contribution in [-0.2, 0) is 20.1 Å². The van der Waals surface area contributed by atoms with Crippen LogP contribution in [0.1, 0.15) is 73.6 Å². The second kappa shape index (κ2) is 9.56. The Morgan fingerprint density at radius 1 is 0.733 bits per heavy atom. The van der Waals surface area contributed by atoms with Crippen molar-refractivity contribution in [3.05, 3.63) is 46.8 Å². The van der Waals surface area contributed by atoms with E-state index in [1.54, 1.807) is 24.3 Å². The summed E-state index contributed by atoms with van der Waals surface area (Å²) in [5.74, 6) is -0.894. The molecule has 0 bridgehead atoms. The van der Waals surface area contributed by atoms with E-state index in [0.29, 0.717) is 44.6 Å². The highest BCUT2D eigenvalue weighted by molar-refractivity contribution is 9.08. The first-order valence-electron chi connectivity index (χ1n) is 9.42. The molecule has 0 amide bonds. The smallest absolute Gasteiger partial charge is 0.338 e. The molecule has 0 fully saturated rings. The minimum atomic E-state index is -0.618. The Labute approximate surface area is 194 Å². The average Bonchev–Trinajstić information content (AvgIpc) is 2.64. The molecule has 162 valence electrons. The summed E-state index contributed by atoms with van der Waals surface area (Å²) in [5.41, 5.74) is 1.75. The Morgan fingerprint density at radius 3 is 1.33 bits per heavy atom. The van der Waals surface area contributed by atoms with E-state index in [2.05, 4.69) is 41.8 Å². The number of aromatic nitrogens is 2. The number of esters is 2. The molecule has 0 N–H and O–H groups in total. The highest BCUT2D eigenvalue weighted by Gasteiger charge is 2.22. The van der Waals surface area contributed by atoms with Gasteiger partial charge in [0, 0.05) is 10.7 Å². The molecule has 0 atom stereocenters. The molecule has 2 aromatic rings. The van der Waals surface area contributed by atoms with Gasteiger partial charge in [-0.2, -0.15) is 0 Å². The Balaban J connectivity index is 2.54. The van der Waals surface area contributed by atoms with E-state index >= 15 is 0 Å². The van der Waals surface area contributed by atoms with Gasteiger partial charge in [0.2, 0.25) is 0 Å². The summed E-state index contributed by atoms with van der Waals surface area (Å²) in [5, 5.41) is 0.904. The Hall–Kier alpha value is -1.80. The summed E-state index contributed by atoms with van der Waals surface area (Å²) < 4.78 is 11.0. The monoisotopic (exact) mass is 540 g/mol. The van der Waals surface area contributed by atoms with Crippen LogP contribution < -0.4 is 0 Å². The van der Waals surface area contributed by atoms with E-state index in [0.717, 1.165) is 0 Å². The fraction of sp³-hybridized carbons (Fsp3) is 0.455. The summed E-state index contributed by atoms with van der Waals surface area (Å²) in [6, 6.07) is 6.60. The largest absolute Gasteiger partial charge is 0.456 e. The minimum absolute atomic E-state index is 0.370. The lowest BCUT2D eigenvalue weighted by Crippen LogP contribution is -2.24. The highest BCUT2D eigenvalue weighted by Crippen LogP contribution is 2.24. The first-order chi connectivity index (χ1) is 13.8. The zero-order valence-corrected chi connectivity index (χ0v) is 21.2. The topological polar surface area (TPSA) is 78.4 Å². The van der Waals surface area contributed by atoms with Gasteiger partial charge in [-0.25, -0.2) is 9.59 Å². The molecule has 0 saturated carbocycles. The molecular weight excluding hydrogens is 516 g/mol. The molecule has 8 heteroatoms. The lowest BCUT2D eigenvalue weighted by Gasteiger charge is -2.20. The van der Waals surface area contributed by atoms with Crippen molar-refractivity contribution in [2.75, 3.05) is 0 Å². The molecule has 0 aliphatic carbocycles. The molecule has 30 heavy (non-hydrogen) atoms. The lowest BCUT2D eigenvalue weighted by atomic mass is 10.1. The van der Waals surface area contributed by atoms with Crippen LogP contribution in [-0.4, -0.2) is 33.1 Å². The van der Waals surface area contributed by atoms with Crippen LogP contribution >= 0.6 is 31.9 Å². The molecule has 0 saturated heterocycles. The Bertz CT molecular complexity index is 870. The van der Waals surface area contributed by atoms with Crippen LogP contribution in [0.25, 0.3) is 11.4 Å². The van der Waals surface area contributed by atoms with E-state index in [1.165, 1.54) is 0 Å². The van der Waals surface area contributed by atoms with Gasteiger partial charge in [0.25, 0.3) is 0 Å². The maximum atomic E-state index is 12.6. The molecule has 2 rings (SSSR count). The predicted octanol–water partition coefficient (Wildman–Crippen LogP) is 5.84. The van der Waals surface area contributed by atoms with E-state index in [9.17, 15) is 9.59 Å². The van der Waals surface area contributed by atoms with E-state index in [-0.39, 0.29) is 0 Å². The van der Waals surface area contributed by atoms with Crippen LogP contribution in [0.2, 0.25) is 0 Å². The van der Waals surface area contributed by atoms with Gasteiger partial charge in [-0.1, -0.05) is 31.9 Å². The maximum absolute atomic E-state index is 12.6. The van der Waals surface area contributed by atoms with Gasteiger partial charge < -0.3 is 9.47 Å². The van der Waals surface area contributed by atoms with Crippen molar-refractivity contribution in [1.29, 1.82) is 0 Å². The fourth-order valence-corrected chi connectivity index (χ4v) is 3.06. The number of alkyl halides is 2. The number of rotatable bonds is 5. The normalized spacial score (nSPS) is 11.9. The molecular formula is C22H26Br2N2O4. The van der Waals surface area contributed by atoms with E-state index in [1.807, 2.05) is 41.5 Å². The maximum Gasteiger partial charge on any atom is 0.338 e. The fourth-order valence-electron chi connectivity index (χ4n) is 2.48. The number of carbonyl (C=O) groups is 2. The minimum Gasteiger partial charge on any atom is -0.456 e. The SMILES string of the molecule is CC(C)(C)OC(=O)c1cc(CBr)nc(-c2cc(C(=O)OC(C)(C)C)cc(CBr)n2)c1. The quantitative estimate of drug-likeness (QED) is 0.349. The first kappa shape index (κ1) is 24.5. The lowest BCUT2D eigenvalue weighted by molar-refractivity contribution is 0.00566. The number of ether oxygens (including phenoxy) is 2. The van der Waals surface area contributed by atoms with Crippen molar-refractivity contribution in [2.45, 2.75) is 63.4 Å². The number of halogens is 2. The molecule has 0 aliphatic heterocycles. The molecule has 0 aliphatic rings. The number of hydrogen-bond donors (Lipinski definition) is 0. The van der Waals surface area contributed by atoms with Gasteiger partial charge in [-0.05, 0) is 65.8 Å².